The fraction of sp³-hybridized carbons (Fsp3) is 0.391. The maximum absolute atomic E-state index is 12.8. The van der Waals surface area contributed by atoms with E-state index >= 15 is 0 Å². The first-order chi connectivity index (χ1) is 13.2. The molecule has 1 aliphatic heterocycles. The molecule has 4 heteroatoms. The Morgan fingerprint density at radius 1 is 1.00 bits per heavy atom. The van der Waals surface area contributed by atoms with Crippen LogP contribution >= 0.6 is 0 Å². The van der Waals surface area contributed by atoms with E-state index in [9.17, 15) is 9.59 Å². The summed E-state index contributed by atoms with van der Waals surface area (Å²) in [6.45, 7) is 3.47. The molecule has 1 atom stereocenters. The summed E-state index contributed by atoms with van der Waals surface area (Å²) in [6.07, 6.45) is 3.42. The molecule has 3 rings (SSSR count). The summed E-state index contributed by atoms with van der Waals surface area (Å²) in [7, 11) is 0. The van der Waals surface area contributed by atoms with Gasteiger partial charge in [-0.25, -0.2) is 0 Å². The minimum Gasteiger partial charge on any atom is -0.353 e. The summed E-state index contributed by atoms with van der Waals surface area (Å²) >= 11 is 0. The highest BCUT2D eigenvalue weighted by Gasteiger charge is 2.27. The molecule has 142 valence electrons. The molecule has 27 heavy (non-hydrogen) atoms. The number of amides is 2. The Labute approximate surface area is 161 Å². The van der Waals surface area contributed by atoms with Gasteiger partial charge < -0.3 is 10.2 Å². The van der Waals surface area contributed by atoms with Crippen LogP contribution < -0.4 is 5.32 Å². The van der Waals surface area contributed by atoms with Crippen LogP contribution in [0.25, 0.3) is 0 Å². The average molecular weight is 364 g/mol. The molecule has 0 aliphatic carbocycles. The molecule has 2 aromatic carbocycles. The third-order valence-corrected chi connectivity index (χ3v) is 5.25. The average Bonchev–Trinajstić information content (AvgIpc) is 2.73. The maximum atomic E-state index is 12.8. The minimum absolute atomic E-state index is 0.0773. The van der Waals surface area contributed by atoms with Crippen LogP contribution in [0, 0.1) is 0 Å². The van der Waals surface area contributed by atoms with Crippen LogP contribution in [-0.4, -0.2) is 35.8 Å². The first-order valence-corrected chi connectivity index (χ1v) is 9.88. The molecule has 1 aliphatic rings. The van der Waals surface area contributed by atoms with Crippen LogP contribution in [0.4, 0.5) is 0 Å². The standard InChI is InChI=1S/C23H28N2O2/c1-2-9-21(18-10-5-3-6-11-18)22(26)24-20-14-16-25(17-15-20)23(27)19-12-7-4-8-13-19/h3-8,10-13,20-21H,2,9,14-17H2,1H3,(H,24,26). The SMILES string of the molecule is CCCC(C(=O)NC1CCN(C(=O)c2ccccc2)CC1)c1ccccc1. The second-order valence-electron chi connectivity index (χ2n) is 7.19. The van der Waals surface area contributed by atoms with Gasteiger partial charge in [0.05, 0.1) is 5.92 Å². The largest absolute Gasteiger partial charge is 0.353 e. The number of likely N-dealkylation sites (tertiary alicyclic amines) is 1. The van der Waals surface area contributed by atoms with Crippen molar-refractivity contribution in [3.05, 3.63) is 71.8 Å². The molecule has 1 unspecified atom stereocenters. The number of nitrogens with one attached hydrogen (secondary N) is 1. The van der Waals surface area contributed by atoms with Crippen LogP contribution in [0.1, 0.15) is 54.4 Å². The van der Waals surface area contributed by atoms with E-state index in [0.29, 0.717) is 13.1 Å². The zero-order chi connectivity index (χ0) is 19.1. The van der Waals surface area contributed by atoms with Gasteiger partial charge in [0.2, 0.25) is 5.91 Å². The molecule has 1 N–H and O–H groups in total. The quantitative estimate of drug-likeness (QED) is 0.842. The summed E-state index contributed by atoms with van der Waals surface area (Å²) in [5, 5.41) is 3.22. The van der Waals surface area contributed by atoms with Gasteiger partial charge in [-0.3, -0.25) is 9.59 Å². The molecule has 0 radical (unpaired) electrons. The molecule has 1 heterocycles. The molecule has 4 nitrogen and oxygen atoms in total. The number of carbonyl (C=O) groups excluding carboxylic acids is 2. The van der Waals surface area contributed by atoms with Gasteiger partial charge in [-0.05, 0) is 37.0 Å². The third-order valence-electron chi connectivity index (χ3n) is 5.25. The number of nitrogens with zero attached hydrogens (tertiary/aromatic N) is 1. The highest BCUT2D eigenvalue weighted by Crippen LogP contribution is 2.22. The predicted molar refractivity (Wildman–Crippen MR) is 108 cm³/mol. The van der Waals surface area contributed by atoms with E-state index in [4.69, 9.17) is 0 Å². The summed E-state index contributed by atoms with van der Waals surface area (Å²) in [5.74, 6) is 0.0876. The van der Waals surface area contributed by atoms with Crippen molar-refractivity contribution in [3.8, 4) is 0 Å². The van der Waals surface area contributed by atoms with Crippen molar-refractivity contribution in [2.24, 2.45) is 0 Å². The lowest BCUT2D eigenvalue weighted by molar-refractivity contribution is -0.123. The summed E-state index contributed by atoms with van der Waals surface area (Å²) in [6, 6.07) is 19.5. The second-order valence-corrected chi connectivity index (χ2v) is 7.19. The Hall–Kier alpha value is -2.62. The van der Waals surface area contributed by atoms with E-state index in [1.54, 1.807) is 0 Å². The number of rotatable bonds is 6. The van der Waals surface area contributed by atoms with Gasteiger partial charge in [0.1, 0.15) is 0 Å². The lowest BCUT2D eigenvalue weighted by Crippen LogP contribution is -2.47. The smallest absolute Gasteiger partial charge is 0.253 e. The van der Waals surface area contributed by atoms with Crippen molar-refractivity contribution in [1.29, 1.82) is 0 Å². The molecule has 0 saturated carbocycles. The van der Waals surface area contributed by atoms with Crippen LogP contribution in [-0.2, 0) is 4.79 Å². The monoisotopic (exact) mass is 364 g/mol. The fourth-order valence-corrected chi connectivity index (χ4v) is 3.72. The Bertz CT molecular complexity index is 737. The Balaban J connectivity index is 1.55. The summed E-state index contributed by atoms with van der Waals surface area (Å²) < 4.78 is 0. The van der Waals surface area contributed by atoms with Crippen LogP contribution in [0.3, 0.4) is 0 Å². The molecule has 1 fully saturated rings. The Kier molecular flexibility index (Phi) is 6.64. The van der Waals surface area contributed by atoms with E-state index < -0.39 is 0 Å². The van der Waals surface area contributed by atoms with Crippen molar-refractivity contribution >= 4 is 11.8 Å². The molecule has 2 aromatic rings. The van der Waals surface area contributed by atoms with Crippen molar-refractivity contribution < 1.29 is 9.59 Å². The topological polar surface area (TPSA) is 49.4 Å². The van der Waals surface area contributed by atoms with Crippen molar-refractivity contribution in [2.45, 2.75) is 44.6 Å². The van der Waals surface area contributed by atoms with Gasteiger partial charge in [0, 0.05) is 24.7 Å². The van der Waals surface area contributed by atoms with E-state index in [1.807, 2.05) is 65.6 Å². The zero-order valence-electron chi connectivity index (χ0n) is 15.9. The number of piperidine rings is 1. The second kappa shape index (κ2) is 9.36. The van der Waals surface area contributed by atoms with E-state index in [-0.39, 0.29) is 23.8 Å². The van der Waals surface area contributed by atoms with Gasteiger partial charge in [0.25, 0.3) is 5.91 Å². The molecular weight excluding hydrogens is 336 g/mol. The third kappa shape index (κ3) is 4.97. The maximum Gasteiger partial charge on any atom is 0.253 e. The van der Waals surface area contributed by atoms with Crippen LogP contribution in [0.2, 0.25) is 0 Å². The lowest BCUT2D eigenvalue weighted by Gasteiger charge is -2.33. The molecule has 2 amide bonds. The van der Waals surface area contributed by atoms with E-state index in [2.05, 4.69) is 12.2 Å². The minimum atomic E-state index is -0.0971. The summed E-state index contributed by atoms with van der Waals surface area (Å²) in [5.41, 5.74) is 1.81. The van der Waals surface area contributed by atoms with Crippen molar-refractivity contribution in [3.63, 3.8) is 0 Å². The predicted octanol–water partition coefficient (Wildman–Crippen LogP) is 3.99. The number of benzene rings is 2. The Morgan fingerprint density at radius 2 is 1.59 bits per heavy atom. The van der Waals surface area contributed by atoms with Gasteiger partial charge >= 0.3 is 0 Å². The molecule has 1 saturated heterocycles. The highest BCUT2D eigenvalue weighted by atomic mass is 16.2. The molecule has 0 bridgehead atoms. The molecular formula is C23H28N2O2. The van der Waals surface area contributed by atoms with Crippen LogP contribution in [0.5, 0.6) is 0 Å². The van der Waals surface area contributed by atoms with Crippen molar-refractivity contribution in [2.75, 3.05) is 13.1 Å². The highest BCUT2D eigenvalue weighted by molar-refractivity contribution is 5.94. The first-order valence-electron chi connectivity index (χ1n) is 9.88. The van der Waals surface area contributed by atoms with Crippen molar-refractivity contribution in [1.82, 2.24) is 10.2 Å². The number of hydrogen-bond acceptors (Lipinski definition) is 2. The Morgan fingerprint density at radius 3 is 2.19 bits per heavy atom. The fourth-order valence-electron chi connectivity index (χ4n) is 3.72. The van der Waals surface area contributed by atoms with Gasteiger partial charge in [-0.15, -0.1) is 0 Å². The lowest BCUT2D eigenvalue weighted by atomic mass is 9.92. The molecule has 0 spiro atoms. The van der Waals surface area contributed by atoms with E-state index in [1.165, 1.54) is 0 Å². The van der Waals surface area contributed by atoms with Crippen LogP contribution in [0.15, 0.2) is 60.7 Å². The van der Waals surface area contributed by atoms with Gasteiger partial charge in [-0.1, -0.05) is 61.9 Å². The normalized spacial score (nSPS) is 16.0. The van der Waals surface area contributed by atoms with E-state index in [0.717, 1.165) is 36.8 Å². The number of hydrogen-bond donors (Lipinski definition) is 1. The first kappa shape index (κ1) is 19.2. The summed E-state index contributed by atoms with van der Waals surface area (Å²) in [4.78, 5) is 27.3. The molecule has 0 aromatic heterocycles. The van der Waals surface area contributed by atoms with Gasteiger partial charge in [0.15, 0.2) is 0 Å². The zero-order valence-corrected chi connectivity index (χ0v) is 15.9. The van der Waals surface area contributed by atoms with Gasteiger partial charge in [-0.2, -0.15) is 0 Å². The number of carbonyl (C=O) groups is 2.